The minimum Gasteiger partial charge on any atom is -0.357 e. The normalized spacial score (nSPS) is 12.0. The van der Waals surface area contributed by atoms with Crippen molar-refractivity contribution in [3.8, 4) is 0 Å². The van der Waals surface area contributed by atoms with Crippen molar-refractivity contribution in [1.82, 2.24) is 10.2 Å². The van der Waals surface area contributed by atoms with Crippen LogP contribution in [0, 0.1) is 5.82 Å². The number of rotatable bonds is 9. The van der Waals surface area contributed by atoms with Gasteiger partial charge in [0.05, 0.1) is 15.6 Å². The van der Waals surface area contributed by atoms with E-state index in [4.69, 9.17) is 11.6 Å². The quantitative estimate of drug-likeness (QED) is 0.391. The summed E-state index contributed by atoms with van der Waals surface area (Å²) >= 11 is 9.33. The van der Waals surface area contributed by atoms with Crippen molar-refractivity contribution in [2.24, 2.45) is 0 Å². The molecule has 3 rings (SSSR count). The average molecular weight is 597 g/mol. The summed E-state index contributed by atoms with van der Waals surface area (Å²) < 4.78 is 42.7. The molecule has 0 fully saturated rings. The van der Waals surface area contributed by atoms with Gasteiger partial charge in [-0.2, -0.15) is 0 Å². The second-order valence-corrected chi connectivity index (χ2v) is 11.1. The summed E-state index contributed by atoms with van der Waals surface area (Å²) in [4.78, 5) is 27.3. The number of halogens is 3. The second kappa shape index (κ2) is 11.9. The minimum absolute atomic E-state index is 0.00797. The molecule has 0 heterocycles. The van der Waals surface area contributed by atoms with Crippen LogP contribution < -0.4 is 9.62 Å². The first-order valence-electron chi connectivity index (χ1n) is 10.8. The fourth-order valence-corrected chi connectivity index (χ4v) is 5.56. The summed E-state index contributed by atoms with van der Waals surface area (Å²) in [6, 6.07) is 17.3. The van der Waals surface area contributed by atoms with E-state index >= 15 is 0 Å². The lowest BCUT2D eigenvalue weighted by atomic mass is 10.1. The zero-order valence-electron chi connectivity index (χ0n) is 19.5. The zero-order valence-corrected chi connectivity index (χ0v) is 22.6. The Bertz CT molecular complexity index is 1360. The van der Waals surface area contributed by atoms with Gasteiger partial charge < -0.3 is 10.2 Å². The van der Waals surface area contributed by atoms with Gasteiger partial charge in [0.1, 0.15) is 18.4 Å². The first kappa shape index (κ1) is 27.6. The Morgan fingerprint density at radius 1 is 1.06 bits per heavy atom. The smallest absolute Gasteiger partial charge is 0.264 e. The second-order valence-electron chi connectivity index (χ2n) is 7.86. The van der Waals surface area contributed by atoms with Crippen LogP contribution in [0.4, 0.5) is 10.1 Å². The topological polar surface area (TPSA) is 86.8 Å². The van der Waals surface area contributed by atoms with E-state index in [2.05, 4.69) is 21.2 Å². The fourth-order valence-electron chi connectivity index (χ4n) is 3.51. The highest BCUT2D eigenvalue weighted by molar-refractivity contribution is 9.10. The van der Waals surface area contributed by atoms with Crippen LogP contribution >= 0.6 is 27.5 Å². The maximum atomic E-state index is 13.9. The van der Waals surface area contributed by atoms with Gasteiger partial charge in [-0.25, -0.2) is 12.8 Å². The molecule has 0 aliphatic carbocycles. The Kier molecular flexibility index (Phi) is 9.10. The van der Waals surface area contributed by atoms with Gasteiger partial charge in [0.2, 0.25) is 11.8 Å². The van der Waals surface area contributed by atoms with Crippen LogP contribution in [-0.2, 0) is 26.2 Å². The van der Waals surface area contributed by atoms with Gasteiger partial charge in [0.25, 0.3) is 10.0 Å². The Morgan fingerprint density at radius 2 is 1.75 bits per heavy atom. The molecule has 3 aromatic carbocycles. The van der Waals surface area contributed by atoms with Crippen LogP contribution in [0.3, 0.4) is 0 Å². The van der Waals surface area contributed by atoms with Gasteiger partial charge in [0.15, 0.2) is 0 Å². The monoisotopic (exact) mass is 595 g/mol. The predicted molar refractivity (Wildman–Crippen MR) is 141 cm³/mol. The van der Waals surface area contributed by atoms with Crippen molar-refractivity contribution in [3.05, 3.63) is 93.7 Å². The number of carbonyl (C=O) groups excluding carboxylic acids is 2. The van der Waals surface area contributed by atoms with E-state index in [0.29, 0.717) is 0 Å². The van der Waals surface area contributed by atoms with Crippen LogP contribution in [0.15, 0.2) is 82.2 Å². The van der Waals surface area contributed by atoms with E-state index in [9.17, 15) is 22.4 Å². The highest BCUT2D eigenvalue weighted by Crippen LogP contribution is 2.28. The van der Waals surface area contributed by atoms with Crippen LogP contribution in [0.5, 0.6) is 0 Å². The molecule has 36 heavy (non-hydrogen) atoms. The molecule has 1 N–H and O–H groups in total. The van der Waals surface area contributed by atoms with Crippen LogP contribution in [0.1, 0.15) is 12.5 Å². The van der Waals surface area contributed by atoms with Crippen LogP contribution in [0.25, 0.3) is 0 Å². The number of benzene rings is 3. The first-order valence-corrected chi connectivity index (χ1v) is 13.4. The third kappa shape index (κ3) is 6.43. The molecular weight excluding hydrogens is 573 g/mol. The molecule has 1 atom stereocenters. The predicted octanol–water partition coefficient (Wildman–Crippen LogP) is 4.60. The van der Waals surface area contributed by atoms with Crippen molar-refractivity contribution in [2.75, 3.05) is 17.9 Å². The fraction of sp³-hybridized carbons (Fsp3) is 0.200. The first-order chi connectivity index (χ1) is 17.0. The molecule has 3 aromatic rings. The van der Waals surface area contributed by atoms with Crippen LogP contribution in [0.2, 0.25) is 5.02 Å². The number of amides is 2. The number of nitrogens with zero attached hydrogens (tertiary/aromatic N) is 2. The van der Waals surface area contributed by atoms with Gasteiger partial charge in [-0.1, -0.05) is 57.9 Å². The molecule has 0 saturated heterocycles. The lowest BCUT2D eigenvalue weighted by molar-refractivity contribution is -0.139. The summed E-state index contributed by atoms with van der Waals surface area (Å²) in [6.07, 6.45) is 0. The number of carbonyl (C=O) groups is 2. The number of sulfonamides is 1. The lowest BCUT2D eigenvalue weighted by Gasteiger charge is -2.31. The molecule has 0 aromatic heterocycles. The molecule has 0 saturated carbocycles. The summed E-state index contributed by atoms with van der Waals surface area (Å²) in [5.74, 6) is -1.78. The van der Waals surface area contributed by atoms with Gasteiger partial charge >= 0.3 is 0 Å². The molecule has 2 amide bonds. The highest BCUT2D eigenvalue weighted by atomic mass is 79.9. The number of likely N-dealkylation sites (N-methyl/N-ethyl adjacent to an activating group) is 1. The molecule has 7 nitrogen and oxygen atoms in total. The number of hydrogen-bond acceptors (Lipinski definition) is 4. The summed E-state index contributed by atoms with van der Waals surface area (Å²) in [6.45, 7) is 0.963. The van der Waals surface area contributed by atoms with Crippen molar-refractivity contribution in [2.45, 2.75) is 24.4 Å². The van der Waals surface area contributed by atoms with Crippen molar-refractivity contribution in [1.29, 1.82) is 0 Å². The standard InChI is InChI=1S/C25H24BrClFN3O4S/c1-17(25(33)29-2)30(15-18-7-6-8-19(26)13-18)24(32)16-31(20-11-12-23(28)22(27)14-20)36(34,35)21-9-4-3-5-10-21/h3-14,17H,15-16H2,1-2H3,(H,29,33)/t17-/m0/s1. The number of hydrogen-bond donors (Lipinski definition) is 1. The molecule has 0 aliphatic rings. The highest BCUT2D eigenvalue weighted by Gasteiger charge is 2.32. The van der Waals surface area contributed by atoms with Gasteiger partial charge in [-0.3, -0.25) is 13.9 Å². The minimum atomic E-state index is -4.25. The molecule has 0 radical (unpaired) electrons. The molecule has 0 aliphatic heterocycles. The van der Waals surface area contributed by atoms with E-state index in [1.165, 1.54) is 30.1 Å². The van der Waals surface area contributed by atoms with Crippen molar-refractivity contribution in [3.63, 3.8) is 0 Å². The maximum absolute atomic E-state index is 13.9. The van der Waals surface area contributed by atoms with Gasteiger partial charge in [-0.15, -0.1) is 0 Å². The molecule has 0 bridgehead atoms. The zero-order chi connectivity index (χ0) is 26.5. The number of nitrogens with one attached hydrogen (secondary N) is 1. The number of anilines is 1. The van der Waals surface area contributed by atoms with E-state index in [-0.39, 0.29) is 22.2 Å². The molecule has 0 spiro atoms. The average Bonchev–Trinajstić information content (AvgIpc) is 2.87. The Balaban J connectivity index is 2.05. The molecular formula is C25H24BrClFN3O4S. The Labute approximate surface area is 223 Å². The van der Waals surface area contributed by atoms with E-state index in [0.717, 1.165) is 26.5 Å². The molecule has 11 heteroatoms. The van der Waals surface area contributed by atoms with E-state index in [1.807, 2.05) is 6.07 Å². The Hall–Kier alpha value is -2.95. The lowest BCUT2D eigenvalue weighted by Crippen LogP contribution is -2.50. The third-order valence-electron chi connectivity index (χ3n) is 5.46. The third-order valence-corrected chi connectivity index (χ3v) is 8.03. The van der Waals surface area contributed by atoms with Crippen molar-refractivity contribution < 1.29 is 22.4 Å². The Morgan fingerprint density at radius 3 is 2.36 bits per heavy atom. The molecule has 190 valence electrons. The largest absolute Gasteiger partial charge is 0.357 e. The summed E-state index contributed by atoms with van der Waals surface area (Å²) in [5.41, 5.74) is 0.740. The molecule has 0 unspecified atom stereocenters. The van der Waals surface area contributed by atoms with Gasteiger partial charge in [0, 0.05) is 18.1 Å². The van der Waals surface area contributed by atoms with Crippen LogP contribution in [-0.4, -0.2) is 44.8 Å². The van der Waals surface area contributed by atoms with E-state index < -0.39 is 40.2 Å². The summed E-state index contributed by atoms with van der Waals surface area (Å²) in [7, 11) is -2.80. The maximum Gasteiger partial charge on any atom is 0.264 e. The SMILES string of the molecule is CNC(=O)[C@H](C)N(Cc1cccc(Br)c1)C(=O)CN(c1ccc(F)c(Cl)c1)S(=O)(=O)c1ccccc1. The van der Waals surface area contributed by atoms with Crippen molar-refractivity contribution >= 4 is 55.1 Å². The summed E-state index contributed by atoms with van der Waals surface area (Å²) in [5, 5.41) is 2.23. The van der Waals surface area contributed by atoms with Gasteiger partial charge in [-0.05, 0) is 55.0 Å². The van der Waals surface area contributed by atoms with E-state index in [1.54, 1.807) is 43.3 Å².